The Kier molecular flexibility index (Phi) is 3.71. The molecule has 1 fully saturated rings. The van der Waals surface area contributed by atoms with Gasteiger partial charge in [0, 0.05) is 5.92 Å². The molecular formula is C16H16O. The summed E-state index contributed by atoms with van der Waals surface area (Å²) in [5.41, 5.74) is 0. The third-order valence-corrected chi connectivity index (χ3v) is 2.84. The highest BCUT2D eigenvalue weighted by Crippen LogP contribution is 2.29. The molecule has 1 nitrogen and oxygen atoms in total. The van der Waals surface area contributed by atoms with E-state index in [2.05, 4.69) is 55.1 Å². The van der Waals surface area contributed by atoms with Crippen molar-refractivity contribution in [2.45, 2.75) is 12.8 Å². The summed E-state index contributed by atoms with van der Waals surface area (Å²) in [7, 11) is 0. The van der Waals surface area contributed by atoms with Crippen LogP contribution in [0.1, 0.15) is 12.8 Å². The second-order valence-electron chi connectivity index (χ2n) is 4.23. The molecule has 0 saturated heterocycles. The molecule has 0 amide bonds. The van der Waals surface area contributed by atoms with Gasteiger partial charge in [-0.05, 0) is 29.7 Å². The van der Waals surface area contributed by atoms with Crippen molar-refractivity contribution in [2.24, 2.45) is 5.92 Å². The Morgan fingerprint density at radius 3 is 1.65 bits per heavy atom. The number of rotatable bonds is 2. The highest BCUT2D eigenvalue weighted by Gasteiger charge is 2.26. The van der Waals surface area contributed by atoms with E-state index in [9.17, 15) is 4.79 Å². The molecule has 0 unspecified atom stereocenters. The molecule has 1 aliphatic rings. The average molecular weight is 224 g/mol. The average Bonchev–Trinajstić information content (AvgIpc) is 3.23. The number of hydrogen-bond donors (Lipinski definition) is 0. The Morgan fingerprint density at radius 1 is 1.00 bits per heavy atom. The monoisotopic (exact) mass is 224 g/mol. The summed E-state index contributed by atoms with van der Waals surface area (Å²) in [6.07, 6.45) is 3.59. The van der Waals surface area contributed by atoms with Crippen LogP contribution >= 0.6 is 0 Å². The van der Waals surface area contributed by atoms with Gasteiger partial charge in [-0.2, -0.15) is 0 Å². The summed E-state index contributed by atoms with van der Waals surface area (Å²) in [6.45, 7) is 3.37. The van der Waals surface area contributed by atoms with Gasteiger partial charge in [-0.1, -0.05) is 55.1 Å². The molecule has 17 heavy (non-hydrogen) atoms. The molecule has 1 heteroatoms. The van der Waals surface area contributed by atoms with Crippen molar-refractivity contribution >= 4 is 16.6 Å². The Hall–Kier alpha value is -1.89. The first-order valence-electron chi connectivity index (χ1n) is 5.91. The van der Waals surface area contributed by atoms with E-state index < -0.39 is 0 Å². The fourth-order valence-corrected chi connectivity index (χ4v) is 1.67. The number of fused-ring (bicyclic) bond motifs is 1. The predicted molar refractivity (Wildman–Crippen MR) is 71.9 cm³/mol. The number of carbonyl (C=O) groups excluding carboxylic acids is 1. The summed E-state index contributed by atoms with van der Waals surface area (Å²) in [4.78, 5) is 10.5. The second kappa shape index (κ2) is 5.44. The fraction of sp³-hybridized carbons (Fsp3) is 0.188. The molecule has 1 aliphatic carbocycles. The SMILES string of the molecule is C=CC(=O)C1CC1.c1ccc2ccccc2c1. The maximum atomic E-state index is 10.5. The summed E-state index contributed by atoms with van der Waals surface area (Å²) >= 11 is 0. The van der Waals surface area contributed by atoms with E-state index in [0.717, 1.165) is 12.8 Å². The lowest BCUT2D eigenvalue weighted by Gasteiger charge is -1.92. The van der Waals surface area contributed by atoms with Crippen LogP contribution in [0, 0.1) is 5.92 Å². The molecule has 2 aromatic carbocycles. The Morgan fingerprint density at radius 2 is 1.41 bits per heavy atom. The molecule has 0 bridgehead atoms. The van der Waals surface area contributed by atoms with Crippen molar-refractivity contribution < 1.29 is 4.79 Å². The van der Waals surface area contributed by atoms with Gasteiger partial charge in [-0.15, -0.1) is 0 Å². The summed E-state index contributed by atoms with van der Waals surface area (Å²) < 4.78 is 0. The van der Waals surface area contributed by atoms with E-state index in [0.29, 0.717) is 5.92 Å². The number of ketones is 1. The molecule has 1 saturated carbocycles. The van der Waals surface area contributed by atoms with Gasteiger partial charge in [0.05, 0.1) is 0 Å². The third kappa shape index (κ3) is 3.28. The molecule has 86 valence electrons. The van der Waals surface area contributed by atoms with E-state index in [1.807, 2.05) is 0 Å². The molecular weight excluding hydrogens is 208 g/mol. The second-order valence-corrected chi connectivity index (χ2v) is 4.23. The molecule has 2 aromatic rings. The summed E-state index contributed by atoms with van der Waals surface area (Å²) in [6, 6.07) is 16.7. The van der Waals surface area contributed by atoms with Gasteiger partial charge in [-0.25, -0.2) is 0 Å². The zero-order valence-electron chi connectivity index (χ0n) is 9.80. The molecule has 0 aromatic heterocycles. The Bertz CT molecular complexity index is 458. The van der Waals surface area contributed by atoms with E-state index in [-0.39, 0.29) is 5.78 Å². The fourth-order valence-electron chi connectivity index (χ4n) is 1.67. The van der Waals surface area contributed by atoms with E-state index in [1.165, 1.54) is 16.8 Å². The minimum absolute atomic E-state index is 0.222. The first-order chi connectivity index (χ1) is 8.31. The lowest BCUT2D eigenvalue weighted by molar-refractivity contribution is -0.115. The van der Waals surface area contributed by atoms with Gasteiger partial charge in [0.25, 0.3) is 0 Å². The minimum atomic E-state index is 0.222. The summed E-state index contributed by atoms with van der Waals surface area (Å²) in [5.74, 6) is 0.581. The van der Waals surface area contributed by atoms with Crippen LogP contribution in [0.3, 0.4) is 0 Å². The van der Waals surface area contributed by atoms with Gasteiger partial charge in [0.15, 0.2) is 5.78 Å². The van der Waals surface area contributed by atoms with Crippen LogP contribution in [-0.2, 0) is 4.79 Å². The quantitative estimate of drug-likeness (QED) is 0.705. The van der Waals surface area contributed by atoms with Crippen LogP contribution in [0.4, 0.5) is 0 Å². The van der Waals surface area contributed by atoms with Crippen LogP contribution in [0.5, 0.6) is 0 Å². The maximum Gasteiger partial charge on any atom is 0.158 e. The lowest BCUT2D eigenvalue weighted by Crippen LogP contribution is -1.91. The van der Waals surface area contributed by atoms with Gasteiger partial charge >= 0.3 is 0 Å². The zero-order chi connectivity index (χ0) is 12.1. The van der Waals surface area contributed by atoms with E-state index in [4.69, 9.17) is 0 Å². The highest BCUT2D eigenvalue weighted by atomic mass is 16.1. The van der Waals surface area contributed by atoms with Gasteiger partial charge < -0.3 is 0 Å². The standard InChI is InChI=1S/C10H8.C6H8O/c1-2-6-10-8-4-3-7-9(10)5-1;1-2-6(7)5-3-4-5/h1-8H;2,5H,1,3-4H2. The predicted octanol–water partition coefficient (Wildman–Crippen LogP) is 3.99. The van der Waals surface area contributed by atoms with E-state index >= 15 is 0 Å². The van der Waals surface area contributed by atoms with Crippen molar-refractivity contribution in [3.8, 4) is 0 Å². The van der Waals surface area contributed by atoms with E-state index in [1.54, 1.807) is 0 Å². The molecule has 3 rings (SSSR count). The zero-order valence-corrected chi connectivity index (χ0v) is 9.80. The van der Waals surface area contributed by atoms with Gasteiger partial charge in [0.2, 0.25) is 0 Å². The number of benzene rings is 2. The van der Waals surface area contributed by atoms with Crippen molar-refractivity contribution in [2.75, 3.05) is 0 Å². The first-order valence-corrected chi connectivity index (χ1v) is 5.91. The normalized spacial score (nSPS) is 13.6. The number of carbonyl (C=O) groups is 1. The molecule has 0 heterocycles. The summed E-state index contributed by atoms with van der Waals surface area (Å²) in [5, 5.41) is 2.62. The largest absolute Gasteiger partial charge is 0.295 e. The van der Waals surface area contributed by atoms with Gasteiger partial charge in [0.1, 0.15) is 0 Å². The third-order valence-electron chi connectivity index (χ3n) is 2.84. The van der Waals surface area contributed by atoms with Crippen LogP contribution in [0.25, 0.3) is 10.8 Å². The topological polar surface area (TPSA) is 17.1 Å². The number of hydrogen-bond acceptors (Lipinski definition) is 1. The Labute approximate surface area is 102 Å². The molecule has 0 radical (unpaired) electrons. The lowest BCUT2D eigenvalue weighted by atomic mass is 10.1. The van der Waals surface area contributed by atoms with Crippen LogP contribution in [-0.4, -0.2) is 5.78 Å². The van der Waals surface area contributed by atoms with Crippen LogP contribution in [0.15, 0.2) is 61.2 Å². The maximum absolute atomic E-state index is 10.5. The van der Waals surface area contributed by atoms with Gasteiger partial charge in [-0.3, -0.25) is 4.79 Å². The molecule has 0 aliphatic heterocycles. The van der Waals surface area contributed by atoms with Crippen molar-refractivity contribution in [3.05, 3.63) is 61.2 Å². The minimum Gasteiger partial charge on any atom is -0.295 e. The molecule has 0 N–H and O–H groups in total. The smallest absolute Gasteiger partial charge is 0.158 e. The molecule has 0 spiro atoms. The Balaban J connectivity index is 0.000000136. The van der Waals surface area contributed by atoms with Crippen LogP contribution < -0.4 is 0 Å². The van der Waals surface area contributed by atoms with Crippen LogP contribution in [0.2, 0.25) is 0 Å². The number of allylic oxidation sites excluding steroid dienone is 1. The van der Waals surface area contributed by atoms with Crippen molar-refractivity contribution in [1.29, 1.82) is 0 Å². The van der Waals surface area contributed by atoms with Crippen molar-refractivity contribution in [1.82, 2.24) is 0 Å². The molecule has 0 atom stereocenters. The van der Waals surface area contributed by atoms with Crippen molar-refractivity contribution in [3.63, 3.8) is 0 Å². The first kappa shape index (κ1) is 11.6. The highest BCUT2D eigenvalue weighted by molar-refractivity contribution is 5.92.